The van der Waals surface area contributed by atoms with Gasteiger partial charge in [-0.25, -0.2) is 13.4 Å². The fourth-order valence-corrected chi connectivity index (χ4v) is 5.20. The van der Waals surface area contributed by atoms with E-state index in [-0.39, 0.29) is 41.3 Å². The molecule has 0 bridgehead atoms. The van der Waals surface area contributed by atoms with Gasteiger partial charge in [0.2, 0.25) is 0 Å². The molecule has 0 unspecified atom stereocenters. The Balaban J connectivity index is 1.24. The molecule has 1 saturated carbocycles. The molecule has 4 aromatic rings. The number of sulfone groups is 1. The van der Waals surface area contributed by atoms with Gasteiger partial charge < -0.3 is 19.4 Å². The number of aromatic nitrogens is 2. The first-order valence-corrected chi connectivity index (χ1v) is 13.9. The maximum atomic E-state index is 13.7. The average Bonchev–Trinajstić information content (AvgIpc) is 3.58. The van der Waals surface area contributed by atoms with E-state index in [9.17, 15) is 22.0 Å². The second-order valence-corrected chi connectivity index (χ2v) is 11.6. The number of imidazole rings is 1. The molecule has 3 aromatic carbocycles. The lowest BCUT2D eigenvalue weighted by Crippen LogP contribution is -2.26. The molecule has 0 spiro atoms. The summed E-state index contributed by atoms with van der Waals surface area (Å²) < 4.78 is 62.0. The number of nitrogens with zero attached hydrogens (tertiary/aromatic N) is 2. The number of carbonyl (C=O) groups excluding carboxylic acids is 1. The summed E-state index contributed by atoms with van der Waals surface area (Å²) in [5.41, 5.74) is 3.15. The van der Waals surface area contributed by atoms with Crippen LogP contribution in [-0.4, -0.2) is 36.4 Å². The Bertz CT molecular complexity index is 1680. The van der Waals surface area contributed by atoms with Crippen molar-refractivity contribution in [3.63, 3.8) is 0 Å². The molecule has 196 valence electrons. The molecule has 38 heavy (non-hydrogen) atoms. The van der Waals surface area contributed by atoms with Crippen LogP contribution < -0.4 is 14.8 Å². The Morgan fingerprint density at radius 3 is 2.58 bits per heavy atom. The van der Waals surface area contributed by atoms with Crippen LogP contribution in [0, 0.1) is 0 Å². The zero-order valence-corrected chi connectivity index (χ0v) is 21.1. The molecule has 1 aliphatic carbocycles. The molecule has 0 atom stereocenters. The third kappa shape index (κ3) is 4.69. The van der Waals surface area contributed by atoms with Crippen molar-refractivity contribution >= 4 is 26.8 Å². The monoisotopic (exact) mass is 539 g/mol. The Hall–Kier alpha value is -3.99. The molecule has 0 radical (unpaired) electrons. The first-order chi connectivity index (χ1) is 18.1. The smallest absolute Gasteiger partial charge is 0.395 e. The van der Waals surface area contributed by atoms with E-state index in [1.54, 1.807) is 42.5 Å². The quantitative estimate of drug-likeness (QED) is 0.368. The van der Waals surface area contributed by atoms with Crippen molar-refractivity contribution in [2.45, 2.75) is 43.0 Å². The molecule has 1 N–H and O–H groups in total. The maximum Gasteiger partial charge on any atom is 0.586 e. The highest BCUT2D eigenvalue weighted by Crippen LogP contribution is 2.45. The van der Waals surface area contributed by atoms with Crippen LogP contribution in [0.2, 0.25) is 0 Å². The van der Waals surface area contributed by atoms with Crippen LogP contribution in [0.25, 0.3) is 11.0 Å². The van der Waals surface area contributed by atoms with Crippen LogP contribution in [0.15, 0.2) is 65.6 Å². The number of rotatable bonds is 7. The number of alkyl halides is 2. The first-order valence-electron chi connectivity index (χ1n) is 12.0. The lowest BCUT2D eigenvalue weighted by atomic mass is 10.1. The summed E-state index contributed by atoms with van der Waals surface area (Å²) in [5.74, 6) is 0.823. The van der Waals surface area contributed by atoms with Crippen LogP contribution in [-0.2, 0) is 22.9 Å². The van der Waals surface area contributed by atoms with Gasteiger partial charge in [0.25, 0.3) is 5.91 Å². The summed E-state index contributed by atoms with van der Waals surface area (Å²) >= 11 is 0. The molecule has 8 nitrogen and oxygen atoms in total. The number of halogens is 2. The van der Waals surface area contributed by atoms with Gasteiger partial charge in [0, 0.05) is 29.8 Å². The second-order valence-electron chi connectivity index (χ2n) is 9.54. The number of amides is 1. The van der Waals surface area contributed by atoms with E-state index in [2.05, 4.69) is 10.1 Å². The lowest BCUT2D eigenvalue weighted by molar-refractivity contribution is -0.286. The van der Waals surface area contributed by atoms with E-state index in [0.717, 1.165) is 36.0 Å². The lowest BCUT2D eigenvalue weighted by Gasteiger charge is -2.11. The molecular formula is C27H23F2N3O5S. The van der Waals surface area contributed by atoms with Gasteiger partial charge in [-0.05, 0) is 54.8 Å². The number of benzene rings is 3. The molecule has 1 aromatic heterocycles. The number of hydrogen-bond acceptors (Lipinski definition) is 6. The third-order valence-electron chi connectivity index (χ3n) is 6.63. The number of carbonyl (C=O) groups is 1. The van der Waals surface area contributed by atoms with Crippen molar-refractivity contribution in [1.82, 2.24) is 14.9 Å². The summed E-state index contributed by atoms with van der Waals surface area (Å²) in [6.07, 6.45) is -0.589. The van der Waals surface area contributed by atoms with E-state index in [4.69, 9.17) is 9.72 Å². The highest BCUT2D eigenvalue weighted by molar-refractivity contribution is 7.90. The van der Waals surface area contributed by atoms with Gasteiger partial charge in [0.05, 0.1) is 22.5 Å². The number of para-hydroxylation sites is 1. The fourth-order valence-electron chi connectivity index (χ4n) is 4.57. The fraction of sp³-hybridized carbons (Fsp3) is 0.259. The molecule has 6 rings (SSSR count). The maximum absolute atomic E-state index is 13.7. The van der Waals surface area contributed by atoms with E-state index in [0.29, 0.717) is 16.6 Å². The third-order valence-corrected chi connectivity index (χ3v) is 7.75. The normalized spacial score (nSPS) is 16.1. The zero-order valence-electron chi connectivity index (χ0n) is 20.3. The van der Waals surface area contributed by atoms with Crippen LogP contribution in [0.3, 0.4) is 0 Å². The molecule has 1 amide bonds. The van der Waals surface area contributed by atoms with E-state index < -0.39 is 16.1 Å². The summed E-state index contributed by atoms with van der Waals surface area (Å²) in [4.78, 5) is 17.9. The summed E-state index contributed by atoms with van der Waals surface area (Å²) in [5, 5.41) is 2.85. The summed E-state index contributed by atoms with van der Waals surface area (Å²) in [6.45, 7) is 0.495. The topological polar surface area (TPSA) is 99.5 Å². The van der Waals surface area contributed by atoms with Crippen molar-refractivity contribution < 1.29 is 31.5 Å². The van der Waals surface area contributed by atoms with Crippen molar-refractivity contribution in [2.75, 3.05) is 6.26 Å². The van der Waals surface area contributed by atoms with E-state index in [1.165, 1.54) is 18.2 Å². The highest BCUT2D eigenvalue weighted by atomic mass is 32.2. The van der Waals surface area contributed by atoms with Gasteiger partial charge in [-0.2, -0.15) is 0 Å². The predicted molar refractivity (Wildman–Crippen MR) is 134 cm³/mol. The Labute approximate surface area is 217 Å². The van der Waals surface area contributed by atoms with Crippen LogP contribution in [0.5, 0.6) is 11.5 Å². The van der Waals surface area contributed by atoms with Gasteiger partial charge >= 0.3 is 6.29 Å². The van der Waals surface area contributed by atoms with Gasteiger partial charge in [-0.3, -0.25) is 4.79 Å². The van der Waals surface area contributed by atoms with Crippen molar-refractivity contribution in [2.24, 2.45) is 0 Å². The van der Waals surface area contributed by atoms with Gasteiger partial charge in [0.15, 0.2) is 21.3 Å². The average molecular weight is 540 g/mol. The molecule has 11 heteroatoms. The molecule has 2 aliphatic rings. The second kappa shape index (κ2) is 8.80. The largest absolute Gasteiger partial charge is 0.586 e. The van der Waals surface area contributed by atoms with Gasteiger partial charge in [-0.15, -0.1) is 8.78 Å². The van der Waals surface area contributed by atoms with Crippen molar-refractivity contribution in [1.29, 1.82) is 0 Å². The Kier molecular flexibility index (Phi) is 5.64. The van der Waals surface area contributed by atoms with E-state index in [1.807, 2.05) is 4.57 Å². The predicted octanol–water partition coefficient (Wildman–Crippen LogP) is 4.62. The molecule has 1 aliphatic heterocycles. The standard InChI is InChI=1S/C27H23F2N3O5S/c1-38(34,35)20-10-5-16(6-11-20)14-30-26(33)18-9-12-22-21(13-18)31-25(17-7-8-17)32(22)15-19-3-2-4-23-24(19)37-27(28,29)36-23/h2-6,9-13,17H,7-8,14-15H2,1H3,(H,30,33). The zero-order chi connectivity index (χ0) is 26.7. The van der Waals surface area contributed by atoms with Crippen molar-refractivity contribution in [3.05, 3.63) is 83.2 Å². The molecule has 0 saturated heterocycles. The SMILES string of the molecule is CS(=O)(=O)c1ccc(CNC(=O)c2ccc3c(c2)nc(C2CC2)n3Cc2cccc3c2OC(F)(F)O3)cc1. The van der Waals surface area contributed by atoms with Crippen LogP contribution in [0.1, 0.15) is 46.1 Å². The van der Waals surface area contributed by atoms with Crippen molar-refractivity contribution in [3.8, 4) is 11.5 Å². The van der Waals surface area contributed by atoms with Gasteiger partial charge in [0.1, 0.15) is 5.82 Å². The minimum absolute atomic E-state index is 0.00481. The Morgan fingerprint density at radius 2 is 1.87 bits per heavy atom. The van der Waals surface area contributed by atoms with Gasteiger partial charge in [-0.1, -0.05) is 24.3 Å². The first kappa shape index (κ1) is 24.4. The minimum atomic E-state index is -3.70. The molecular weight excluding hydrogens is 516 g/mol. The summed E-state index contributed by atoms with van der Waals surface area (Å²) in [7, 11) is -3.29. The number of nitrogens with one attached hydrogen (secondary N) is 1. The minimum Gasteiger partial charge on any atom is -0.395 e. The molecule has 2 heterocycles. The number of hydrogen-bond donors (Lipinski definition) is 1. The highest BCUT2D eigenvalue weighted by Gasteiger charge is 2.44. The van der Waals surface area contributed by atoms with E-state index >= 15 is 0 Å². The number of ether oxygens (including phenoxy) is 2. The summed E-state index contributed by atoms with van der Waals surface area (Å²) in [6, 6.07) is 16.4. The Morgan fingerprint density at radius 1 is 1.11 bits per heavy atom. The van der Waals surface area contributed by atoms with Crippen LogP contribution >= 0.6 is 0 Å². The number of fused-ring (bicyclic) bond motifs is 2. The van der Waals surface area contributed by atoms with Crippen LogP contribution in [0.4, 0.5) is 8.78 Å². The molecule has 1 fully saturated rings.